The third-order valence-electron chi connectivity index (χ3n) is 10.7. The number of benzene rings is 5. The quantitative estimate of drug-likeness (QED) is 0.0909. The summed E-state index contributed by atoms with van der Waals surface area (Å²) in [5.41, 5.74) is 17.1. The zero-order chi connectivity index (χ0) is 33.9. The Morgan fingerprint density at radius 1 is 0.740 bits per heavy atom. The fourth-order valence-electron chi connectivity index (χ4n) is 8.51. The van der Waals surface area contributed by atoms with Crippen molar-refractivity contribution in [2.45, 2.75) is 57.5 Å². The number of nitrogens with zero attached hydrogens (tertiary/aromatic N) is 1. The Morgan fingerprint density at radius 3 is 2.10 bits per heavy atom. The highest BCUT2D eigenvalue weighted by molar-refractivity contribution is 5.98. The van der Waals surface area contributed by atoms with E-state index in [0.717, 1.165) is 43.4 Å². The number of hydrogen-bond donors (Lipinski definition) is 1. The number of nitrogens with one attached hydrogen (secondary N) is 1. The molecule has 1 spiro atoms. The number of unbranched alkanes of at least 4 members (excludes halogenated alkanes) is 1. The normalized spacial score (nSPS) is 16.4. The first-order valence-electron chi connectivity index (χ1n) is 18.2. The summed E-state index contributed by atoms with van der Waals surface area (Å²) in [4.78, 5) is 5.15. The van der Waals surface area contributed by atoms with Crippen LogP contribution in [0, 0.1) is 0 Å². The van der Waals surface area contributed by atoms with Crippen LogP contribution in [0.25, 0.3) is 28.0 Å². The summed E-state index contributed by atoms with van der Waals surface area (Å²) in [5.74, 6) is 0. The van der Waals surface area contributed by atoms with Crippen LogP contribution in [0.2, 0.25) is 0 Å². The summed E-state index contributed by atoms with van der Waals surface area (Å²) in [5, 5.41) is 3.74. The van der Waals surface area contributed by atoms with E-state index in [1.807, 2.05) is 0 Å². The molecule has 0 fully saturated rings. The van der Waals surface area contributed by atoms with Gasteiger partial charge in [0, 0.05) is 11.9 Å². The average Bonchev–Trinajstić information content (AvgIpc) is 3.65. The van der Waals surface area contributed by atoms with Gasteiger partial charge in [-0.3, -0.25) is 4.99 Å². The van der Waals surface area contributed by atoms with E-state index in [4.69, 9.17) is 4.99 Å². The molecule has 246 valence electrons. The molecule has 3 aliphatic rings. The largest absolute Gasteiger partial charge is 0.364 e. The third kappa shape index (κ3) is 5.50. The molecule has 5 aromatic carbocycles. The third-order valence-corrected chi connectivity index (χ3v) is 10.7. The molecule has 2 heteroatoms. The summed E-state index contributed by atoms with van der Waals surface area (Å²) in [6, 6.07) is 46.8. The summed E-state index contributed by atoms with van der Waals surface area (Å²) in [7, 11) is 0. The highest BCUT2D eigenvalue weighted by Gasteiger charge is 2.52. The van der Waals surface area contributed by atoms with Crippen molar-refractivity contribution in [1.29, 1.82) is 0 Å². The fourth-order valence-corrected chi connectivity index (χ4v) is 8.51. The zero-order valence-corrected chi connectivity index (χ0v) is 29.1. The molecule has 3 aliphatic carbocycles. The molecular weight excluding hydrogens is 605 g/mol. The highest BCUT2D eigenvalue weighted by Crippen LogP contribution is 2.63. The minimum absolute atomic E-state index is 0.0173. The lowest BCUT2D eigenvalue weighted by Crippen LogP contribution is -2.27. The predicted octanol–water partition coefficient (Wildman–Crippen LogP) is 11.8. The van der Waals surface area contributed by atoms with Gasteiger partial charge in [-0.1, -0.05) is 146 Å². The van der Waals surface area contributed by atoms with Gasteiger partial charge in [0.25, 0.3) is 0 Å². The maximum atomic E-state index is 5.15. The molecular formula is C48H44N2. The van der Waals surface area contributed by atoms with Crippen molar-refractivity contribution >= 4 is 23.1 Å². The summed E-state index contributed by atoms with van der Waals surface area (Å²) in [6.45, 7) is 4.18. The Labute approximate surface area is 297 Å². The van der Waals surface area contributed by atoms with Crippen LogP contribution in [0.15, 0.2) is 162 Å². The molecule has 0 heterocycles. The van der Waals surface area contributed by atoms with E-state index in [1.165, 1.54) is 61.2 Å². The van der Waals surface area contributed by atoms with Gasteiger partial charge in [-0.15, -0.1) is 0 Å². The maximum absolute atomic E-state index is 5.15. The molecule has 0 saturated heterocycles. The topological polar surface area (TPSA) is 24.4 Å². The van der Waals surface area contributed by atoms with Crippen LogP contribution in [0.3, 0.4) is 0 Å². The summed E-state index contributed by atoms with van der Waals surface area (Å²) >= 11 is 0. The van der Waals surface area contributed by atoms with Crippen molar-refractivity contribution in [2.24, 2.45) is 4.99 Å². The minimum Gasteiger partial charge on any atom is -0.364 e. The van der Waals surface area contributed by atoms with Crippen molar-refractivity contribution < 1.29 is 0 Å². The zero-order valence-electron chi connectivity index (χ0n) is 29.1. The molecule has 1 N–H and O–H groups in total. The Hall–Kier alpha value is -5.47. The number of rotatable bonds is 10. The smallest absolute Gasteiger partial charge is 0.118 e. The maximum Gasteiger partial charge on any atom is 0.118 e. The molecule has 1 unspecified atom stereocenters. The van der Waals surface area contributed by atoms with Crippen LogP contribution < -0.4 is 5.32 Å². The van der Waals surface area contributed by atoms with Crippen LogP contribution in [-0.2, 0) is 5.41 Å². The molecule has 8 rings (SSSR count). The van der Waals surface area contributed by atoms with Crippen molar-refractivity contribution in [1.82, 2.24) is 5.32 Å². The van der Waals surface area contributed by atoms with E-state index >= 15 is 0 Å². The first-order chi connectivity index (χ1) is 24.7. The highest BCUT2D eigenvalue weighted by atomic mass is 15.1. The van der Waals surface area contributed by atoms with Gasteiger partial charge in [-0.05, 0) is 119 Å². The number of hydrogen-bond acceptors (Lipinski definition) is 2. The first-order valence-corrected chi connectivity index (χ1v) is 18.2. The van der Waals surface area contributed by atoms with Gasteiger partial charge in [0.05, 0.1) is 5.41 Å². The van der Waals surface area contributed by atoms with Crippen LogP contribution in [0.5, 0.6) is 0 Å². The number of fused-ring (bicyclic) bond motifs is 9. The van der Waals surface area contributed by atoms with Crippen molar-refractivity contribution in [3.63, 3.8) is 0 Å². The number of allylic oxidation sites excluding steroid dienone is 7. The second-order valence-corrected chi connectivity index (χ2v) is 13.6. The van der Waals surface area contributed by atoms with Crippen LogP contribution in [-0.4, -0.2) is 12.4 Å². The lowest BCUT2D eigenvalue weighted by Gasteiger charge is -2.33. The Balaban J connectivity index is 1.14. The van der Waals surface area contributed by atoms with E-state index in [1.54, 1.807) is 0 Å². The SMILES string of the molecule is C/C=C\CCCC(N=Cc1cccc(C2=CC3=C(CC2)c2ccccc2C32c3ccccc3-c3ccccc32)c1)N/C(=C\C)c1ccccc1. The molecule has 2 nitrogen and oxygen atoms in total. The van der Waals surface area contributed by atoms with Crippen LogP contribution in [0.4, 0.5) is 0 Å². The Kier molecular flexibility index (Phi) is 8.77. The van der Waals surface area contributed by atoms with Crippen molar-refractivity contribution in [3.05, 3.63) is 196 Å². The molecule has 0 amide bonds. The van der Waals surface area contributed by atoms with Gasteiger partial charge >= 0.3 is 0 Å². The monoisotopic (exact) mass is 648 g/mol. The number of aliphatic imine (C=N–C) groups is 1. The van der Waals surface area contributed by atoms with E-state index in [9.17, 15) is 0 Å². The van der Waals surface area contributed by atoms with Crippen LogP contribution >= 0.6 is 0 Å². The molecule has 50 heavy (non-hydrogen) atoms. The van der Waals surface area contributed by atoms with E-state index in [2.05, 4.69) is 177 Å². The second-order valence-electron chi connectivity index (χ2n) is 13.6. The van der Waals surface area contributed by atoms with Gasteiger partial charge in [-0.2, -0.15) is 0 Å². The Morgan fingerprint density at radius 2 is 1.40 bits per heavy atom. The predicted molar refractivity (Wildman–Crippen MR) is 212 cm³/mol. The molecule has 0 bridgehead atoms. The van der Waals surface area contributed by atoms with Gasteiger partial charge in [-0.25, -0.2) is 0 Å². The second kappa shape index (κ2) is 13.8. The average molecular weight is 649 g/mol. The van der Waals surface area contributed by atoms with Crippen LogP contribution in [0.1, 0.15) is 84.9 Å². The summed E-state index contributed by atoms with van der Waals surface area (Å²) in [6.07, 6.45) is 16.3. The van der Waals surface area contributed by atoms with E-state index < -0.39 is 0 Å². The van der Waals surface area contributed by atoms with Crippen molar-refractivity contribution in [3.8, 4) is 11.1 Å². The fraction of sp³-hybridized carbons (Fsp3) is 0.188. The molecule has 0 radical (unpaired) electrons. The minimum atomic E-state index is -0.293. The lowest BCUT2D eigenvalue weighted by atomic mass is 9.68. The van der Waals surface area contributed by atoms with E-state index in [-0.39, 0.29) is 11.6 Å². The lowest BCUT2D eigenvalue weighted by molar-refractivity contribution is 0.554. The molecule has 0 saturated carbocycles. The van der Waals surface area contributed by atoms with Gasteiger partial charge < -0.3 is 5.32 Å². The molecule has 0 aliphatic heterocycles. The van der Waals surface area contributed by atoms with Gasteiger partial charge in [0.2, 0.25) is 0 Å². The Bertz CT molecular complexity index is 2150. The summed E-state index contributed by atoms with van der Waals surface area (Å²) < 4.78 is 0. The molecule has 0 aromatic heterocycles. The van der Waals surface area contributed by atoms with E-state index in [0.29, 0.717) is 0 Å². The molecule has 1 atom stereocenters. The first kappa shape index (κ1) is 31.8. The standard InChI is InChI=1S/C48H44N2/c1-3-5-6-10-28-47(50-46(4-2)35-19-8-7-9-20-35)49-33-34-18-17-21-36(31-34)37-29-30-41-40-24-13-16-27-44(40)48(45(41)32-37)42-25-14-11-22-38(42)39-23-12-15-26-43(39)48/h3-5,7-9,11-27,31-33,47,50H,6,10,28-30H2,1-2H3/b5-3-,46-4-,49-33?. The van der Waals surface area contributed by atoms with Crippen molar-refractivity contribution in [2.75, 3.05) is 0 Å². The van der Waals surface area contributed by atoms with Gasteiger partial charge in [0.15, 0.2) is 0 Å². The van der Waals surface area contributed by atoms with Gasteiger partial charge in [0.1, 0.15) is 6.17 Å². The molecule has 5 aromatic rings.